The number of pyridine rings is 2. The standard InChI is InChI=1S/C24H21N3/c1-14-16(3)26-17(4)15(2)23(14)22-13-25-24-20-11-6-5-9-18(20)19-10-7-8-12-21(19)27(22)24/h5-13H,1-4H3. The van der Waals surface area contributed by atoms with Gasteiger partial charge in [0.1, 0.15) is 5.65 Å². The van der Waals surface area contributed by atoms with Gasteiger partial charge in [-0.3, -0.25) is 9.38 Å². The lowest BCUT2D eigenvalue weighted by Gasteiger charge is -2.16. The fraction of sp³-hybridized carbons (Fsp3) is 0.167. The van der Waals surface area contributed by atoms with E-state index in [0.29, 0.717) is 0 Å². The molecular weight excluding hydrogens is 330 g/mol. The average molecular weight is 351 g/mol. The molecule has 3 aromatic heterocycles. The summed E-state index contributed by atoms with van der Waals surface area (Å²) in [6.45, 7) is 8.49. The monoisotopic (exact) mass is 351 g/mol. The number of hydrogen-bond donors (Lipinski definition) is 0. The molecule has 0 N–H and O–H groups in total. The molecule has 0 aliphatic rings. The Kier molecular flexibility index (Phi) is 3.35. The summed E-state index contributed by atoms with van der Waals surface area (Å²) in [6.07, 6.45) is 2.02. The second kappa shape index (κ2) is 5.65. The molecular formula is C24H21N3. The topological polar surface area (TPSA) is 30.2 Å². The number of imidazole rings is 1. The summed E-state index contributed by atoms with van der Waals surface area (Å²) in [7, 11) is 0. The Labute approximate surface area is 158 Å². The molecule has 3 nitrogen and oxygen atoms in total. The van der Waals surface area contributed by atoms with Crippen LogP contribution in [0.1, 0.15) is 22.5 Å². The number of benzene rings is 2. The molecule has 0 bridgehead atoms. The first-order valence-corrected chi connectivity index (χ1v) is 9.29. The lowest BCUT2D eigenvalue weighted by molar-refractivity contribution is 1.06. The first-order valence-electron chi connectivity index (χ1n) is 9.29. The molecule has 3 heterocycles. The zero-order valence-electron chi connectivity index (χ0n) is 16.0. The van der Waals surface area contributed by atoms with Gasteiger partial charge in [0.05, 0.1) is 17.4 Å². The third kappa shape index (κ3) is 2.15. The lowest BCUT2D eigenvalue weighted by atomic mass is 9.98. The molecule has 0 atom stereocenters. The fourth-order valence-electron chi connectivity index (χ4n) is 4.22. The maximum absolute atomic E-state index is 4.86. The molecule has 0 fully saturated rings. The van der Waals surface area contributed by atoms with Crippen LogP contribution in [0, 0.1) is 27.7 Å². The summed E-state index contributed by atoms with van der Waals surface area (Å²) in [5.74, 6) is 0. The molecule has 0 aliphatic carbocycles. The van der Waals surface area contributed by atoms with Crippen LogP contribution in [0.25, 0.3) is 38.6 Å². The van der Waals surface area contributed by atoms with E-state index in [0.717, 1.165) is 22.7 Å². The number of aromatic nitrogens is 3. The van der Waals surface area contributed by atoms with Crippen LogP contribution in [0.5, 0.6) is 0 Å². The number of hydrogen-bond acceptors (Lipinski definition) is 2. The van der Waals surface area contributed by atoms with Gasteiger partial charge in [0.15, 0.2) is 0 Å². The molecule has 2 aromatic carbocycles. The number of rotatable bonds is 1. The quantitative estimate of drug-likeness (QED) is 0.350. The van der Waals surface area contributed by atoms with Gasteiger partial charge >= 0.3 is 0 Å². The van der Waals surface area contributed by atoms with Gasteiger partial charge in [0, 0.05) is 27.7 Å². The van der Waals surface area contributed by atoms with Gasteiger partial charge in [0.2, 0.25) is 0 Å². The Balaban J connectivity index is 2.04. The minimum Gasteiger partial charge on any atom is -0.292 e. The van der Waals surface area contributed by atoms with Crippen molar-refractivity contribution in [1.29, 1.82) is 0 Å². The summed E-state index contributed by atoms with van der Waals surface area (Å²) in [6, 6.07) is 17.1. The summed E-state index contributed by atoms with van der Waals surface area (Å²) in [5, 5.41) is 3.67. The van der Waals surface area contributed by atoms with Crippen LogP contribution >= 0.6 is 0 Å². The predicted molar refractivity (Wildman–Crippen MR) is 112 cm³/mol. The summed E-state index contributed by atoms with van der Waals surface area (Å²) >= 11 is 0. The van der Waals surface area contributed by atoms with E-state index < -0.39 is 0 Å². The van der Waals surface area contributed by atoms with Gasteiger partial charge in [-0.05, 0) is 50.3 Å². The molecule has 5 aromatic rings. The highest BCUT2D eigenvalue weighted by Gasteiger charge is 2.18. The number of aryl methyl sites for hydroxylation is 2. The SMILES string of the molecule is Cc1nc(C)c(C)c(-c2cnc3c4ccccc4c4ccccc4n23)c1C. The molecule has 0 unspecified atom stereocenters. The van der Waals surface area contributed by atoms with Crippen LogP contribution in [0.4, 0.5) is 0 Å². The maximum Gasteiger partial charge on any atom is 0.145 e. The Hall–Kier alpha value is -3.20. The molecule has 3 heteroatoms. The minimum absolute atomic E-state index is 1.00. The van der Waals surface area contributed by atoms with E-state index in [1.165, 1.54) is 38.4 Å². The van der Waals surface area contributed by atoms with Crippen molar-refractivity contribution in [2.75, 3.05) is 0 Å². The van der Waals surface area contributed by atoms with Crippen molar-refractivity contribution in [3.63, 3.8) is 0 Å². The smallest absolute Gasteiger partial charge is 0.145 e. The lowest BCUT2D eigenvalue weighted by Crippen LogP contribution is -2.02. The normalized spacial score (nSPS) is 11.7. The molecule has 27 heavy (non-hydrogen) atoms. The third-order valence-corrected chi connectivity index (χ3v) is 5.79. The molecule has 0 amide bonds. The highest BCUT2D eigenvalue weighted by atomic mass is 15.0. The Morgan fingerprint density at radius 1 is 0.704 bits per heavy atom. The fourth-order valence-corrected chi connectivity index (χ4v) is 4.22. The van der Waals surface area contributed by atoms with E-state index in [1.807, 2.05) is 6.20 Å². The molecule has 0 spiro atoms. The summed E-state index contributed by atoms with van der Waals surface area (Å²) in [4.78, 5) is 9.56. The molecule has 132 valence electrons. The van der Waals surface area contributed by atoms with Gasteiger partial charge in [-0.2, -0.15) is 0 Å². The van der Waals surface area contributed by atoms with E-state index >= 15 is 0 Å². The van der Waals surface area contributed by atoms with E-state index in [9.17, 15) is 0 Å². The van der Waals surface area contributed by atoms with Crippen LogP contribution in [0.15, 0.2) is 54.7 Å². The zero-order valence-corrected chi connectivity index (χ0v) is 16.0. The summed E-state index contributed by atoms with van der Waals surface area (Å²) < 4.78 is 2.31. The summed E-state index contributed by atoms with van der Waals surface area (Å²) in [5.41, 5.74) is 9.16. The number of nitrogens with zero attached hydrogens (tertiary/aromatic N) is 3. The maximum atomic E-state index is 4.86. The van der Waals surface area contributed by atoms with Gasteiger partial charge in [-0.25, -0.2) is 4.98 Å². The van der Waals surface area contributed by atoms with Crippen molar-refractivity contribution in [3.05, 3.63) is 77.2 Å². The molecule has 0 saturated carbocycles. The third-order valence-electron chi connectivity index (χ3n) is 5.79. The van der Waals surface area contributed by atoms with Gasteiger partial charge in [-0.1, -0.05) is 42.5 Å². The van der Waals surface area contributed by atoms with Crippen LogP contribution in [-0.4, -0.2) is 14.4 Å². The zero-order chi connectivity index (χ0) is 18.7. The molecule has 0 saturated heterocycles. The number of para-hydroxylation sites is 1. The van der Waals surface area contributed by atoms with Crippen molar-refractivity contribution in [2.45, 2.75) is 27.7 Å². The predicted octanol–water partition coefficient (Wildman–Crippen LogP) is 5.94. The largest absolute Gasteiger partial charge is 0.292 e. The van der Waals surface area contributed by atoms with Gasteiger partial charge in [0.25, 0.3) is 0 Å². The van der Waals surface area contributed by atoms with Crippen molar-refractivity contribution in [1.82, 2.24) is 14.4 Å². The highest BCUT2D eigenvalue weighted by molar-refractivity contribution is 6.12. The second-order valence-corrected chi connectivity index (χ2v) is 7.27. The highest BCUT2D eigenvalue weighted by Crippen LogP contribution is 2.36. The first kappa shape index (κ1) is 16.0. The number of fused-ring (bicyclic) bond motifs is 6. The van der Waals surface area contributed by atoms with Crippen LogP contribution in [-0.2, 0) is 0 Å². The van der Waals surface area contributed by atoms with E-state index in [1.54, 1.807) is 0 Å². The molecule has 0 radical (unpaired) electrons. The molecule has 0 aliphatic heterocycles. The van der Waals surface area contributed by atoms with Crippen molar-refractivity contribution >= 4 is 27.3 Å². The Bertz CT molecular complexity index is 1330. The van der Waals surface area contributed by atoms with Gasteiger partial charge in [-0.15, -0.1) is 0 Å². The Morgan fingerprint density at radius 3 is 2.00 bits per heavy atom. The van der Waals surface area contributed by atoms with Gasteiger partial charge < -0.3 is 0 Å². The average Bonchev–Trinajstić information content (AvgIpc) is 3.12. The van der Waals surface area contributed by atoms with Crippen molar-refractivity contribution < 1.29 is 0 Å². The molecule has 5 rings (SSSR count). The minimum atomic E-state index is 1.00. The second-order valence-electron chi connectivity index (χ2n) is 7.27. The van der Waals surface area contributed by atoms with Crippen LogP contribution in [0.3, 0.4) is 0 Å². The van der Waals surface area contributed by atoms with Crippen molar-refractivity contribution in [3.8, 4) is 11.3 Å². The van der Waals surface area contributed by atoms with E-state index in [2.05, 4.69) is 80.6 Å². The van der Waals surface area contributed by atoms with E-state index in [-0.39, 0.29) is 0 Å². The van der Waals surface area contributed by atoms with E-state index in [4.69, 9.17) is 9.97 Å². The van der Waals surface area contributed by atoms with Crippen LogP contribution < -0.4 is 0 Å². The Morgan fingerprint density at radius 2 is 1.30 bits per heavy atom. The van der Waals surface area contributed by atoms with Crippen LogP contribution in [0.2, 0.25) is 0 Å². The first-order chi connectivity index (χ1) is 13.1. The van der Waals surface area contributed by atoms with Crippen molar-refractivity contribution in [2.24, 2.45) is 0 Å².